The third kappa shape index (κ3) is 3.23. The van der Waals surface area contributed by atoms with Crippen molar-refractivity contribution in [3.63, 3.8) is 0 Å². The Bertz CT molecular complexity index is 349. The van der Waals surface area contributed by atoms with Crippen LogP contribution >= 0.6 is 11.6 Å². The molecule has 0 radical (unpaired) electrons. The van der Waals surface area contributed by atoms with E-state index in [2.05, 4.69) is 4.74 Å². The number of hydrogen-bond donors (Lipinski definition) is 0. The molecule has 15 heavy (non-hydrogen) atoms. The first kappa shape index (κ1) is 12.0. The molecule has 0 aliphatic carbocycles. The van der Waals surface area contributed by atoms with Crippen LogP contribution in [0.1, 0.15) is 5.56 Å². The van der Waals surface area contributed by atoms with Crippen LogP contribution in [0, 0.1) is 0 Å². The average molecular weight is 247 g/mol. The molecule has 0 unspecified atom stereocenters. The maximum atomic E-state index is 12.2. The molecule has 0 fully saturated rings. The van der Waals surface area contributed by atoms with Gasteiger partial charge in [0.1, 0.15) is 5.75 Å². The molecule has 0 bridgehead atoms. The van der Waals surface area contributed by atoms with Gasteiger partial charge in [-0.15, -0.1) is 0 Å². The topological polar surface area (TPSA) is 9.23 Å². The molecule has 1 aromatic carbocycles. The lowest BCUT2D eigenvalue weighted by atomic mass is 10.2. The van der Waals surface area contributed by atoms with E-state index in [1.165, 1.54) is 0 Å². The Morgan fingerprint density at radius 2 is 1.80 bits per heavy atom. The Morgan fingerprint density at radius 1 is 1.20 bits per heavy atom. The summed E-state index contributed by atoms with van der Waals surface area (Å²) in [5, 5.41) is -0.302. The molecule has 0 aliphatic heterocycles. The molecule has 0 saturated heterocycles. The zero-order valence-corrected chi connectivity index (χ0v) is 7.74. The monoisotopic (exact) mass is 246 g/mol. The first-order valence-corrected chi connectivity index (χ1v) is 4.00. The highest BCUT2D eigenvalue weighted by molar-refractivity contribution is 6.32. The van der Waals surface area contributed by atoms with E-state index in [4.69, 9.17) is 11.6 Å². The highest BCUT2D eigenvalue weighted by Crippen LogP contribution is 2.35. The Morgan fingerprint density at radius 3 is 2.27 bits per heavy atom. The molecule has 0 spiro atoms. The second-order valence-corrected chi connectivity index (χ2v) is 2.93. The summed E-state index contributed by atoms with van der Waals surface area (Å²) in [4.78, 5) is 0. The summed E-state index contributed by atoms with van der Waals surface area (Å²) in [7, 11) is 0. The fraction of sp³-hybridized carbons (Fsp3) is 0.250. The molecule has 0 amide bonds. The minimum absolute atomic E-state index is 0.302. The first-order valence-electron chi connectivity index (χ1n) is 3.62. The van der Waals surface area contributed by atoms with E-state index in [0.717, 1.165) is 6.07 Å². The summed E-state index contributed by atoms with van der Waals surface area (Å²) in [5.74, 6) is -0.693. The van der Waals surface area contributed by atoms with Gasteiger partial charge < -0.3 is 4.74 Å². The van der Waals surface area contributed by atoms with Crippen molar-refractivity contribution in [2.24, 2.45) is 0 Å². The SMILES string of the molecule is FC(F)Oc1cc(C(F)(F)F)ccc1Cl. The van der Waals surface area contributed by atoms with Crippen molar-refractivity contribution in [3.05, 3.63) is 28.8 Å². The normalized spacial score (nSPS) is 11.9. The van der Waals surface area contributed by atoms with E-state index in [0.29, 0.717) is 12.1 Å². The zero-order valence-electron chi connectivity index (χ0n) is 6.99. The van der Waals surface area contributed by atoms with Crippen LogP contribution in [0.3, 0.4) is 0 Å². The van der Waals surface area contributed by atoms with E-state index >= 15 is 0 Å². The van der Waals surface area contributed by atoms with Gasteiger partial charge in [-0.25, -0.2) is 0 Å². The lowest BCUT2D eigenvalue weighted by Crippen LogP contribution is -2.07. The number of benzene rings is 1. The number of halogens is 6. The van der Waals surface area contributed by atoms with E-state index in [1.807, 2.05) is 0 Å². The largest absolute Gasteiger partial charge is 0.433 e. The van der Waals surface area contributed by atoms with Crippen molar-refractivity contribution in [2.45, 2.75) is 12.8 Å². The summed E-state index contributed by atoms with van der Waals surface area (Å²) < 4.78 is 63.8. The van der Waals surface area contributed by atoms with Crippen molar-refractivity contribution in [1.29, 1.82) is 0 Å². The third-order valence-electron chi connectivity index (χ3n) is 1.47. The van der Waals surface area contributed by atoms with Gasteiger partial charge in [-0.1, -0.05) is 11.6 Å². The van der Waals surface area contributed by atoms with Crippen LogP contribution < -0.4 is 4.74 Å². The lowest BCUT2D eigenvalue weighted by molar-refractivity contribution is -0.138. The van der Waals surface area contributed by atoms with Gasteiger partial charge in [0.15, 0.2) is 0 Å². The van der Waals surface area contributed by atoms with Crippen LogP contribution in [-0.4, -0.2) is 6.61 Å². The van der Waals surface area contributed by atoms with Crippen LogP contribution in [0.4, 0.5) is 22.0 Å². The van der Waals surface area contributed by atoms with Gasteiger partial charge >= 0.3 is 12.8 Å². The van der Waals surface area contributed by atoms with Crippen LogP contribution in [0.15, 0.2) is 18.2 Å². The minimum Gasteiger partial charge on any atom is -0.433 e. The molecule has 0 atom stereocenters. The smallest absolute Gasteiger partial charge is 0.416 e. The molecule has 7 heteroatoms. The van der Waals surface area contributed by atoms with Gasteiger partial charge in [0, 0.05) is 0 Å². The van der Waals surface area contributed by atoms with Gasteiger partial charge in [0.05, 0.1) is 10.6 Å². The summed E-state index contributed by atoms with van der Waals surface area (Å²) >= 11 is 5.36. The fourth-order valence-electron chi connectivity index (χ4n) is 0.866. The van der Waals surface area contributed by atoms with Crippen molar-refractivity contribution in [3.8, 4) is 5.75 Å². The van der Waals surface area contributed by atoms with Crippen molar-refractivity contribution >= 4 is 11.6 Å². The molecule has 0 N–H and O–H groups in total. The molecule has 1 rings (SSSR count). The third-order valence-corrected chi connectivity index (χ3v) is 1.79. The van der Waals surface area contributed by atoms with Crippen LogP contribution in [-0.2, 0) is 6.18 Å². The molecular formula is C8H4ClF5O. The maximum absolute atomic E-state index is 12.2. The van der Waals surface area contributed by atoms with E-state index in [9.17, 15) is 22.0 Å². The van der Waals surface area contributed by atoms with Gasteiger partial charge in [-0.2, -0.15) is 22.0 Å². The van der Waals surface area contributed by atoms with Crippen LogP contribution in [0.25, 0.3) is 0 Å². The van der Waals surface area contributed by atoms with Crippen LogP contribution in [0.2, 0.25) is 5.02 Å². The molecule has 1 nitrogen and oxygen atoms in total. The van der Waals surface area contributed by atoms with E-state index in [1.54, 1.807) is 0 Å². The Labute approximate surface area is 86.4 Å². The molecule has 0 aromatic heterocycles. The standard InChI is InChI=1S/C8H4ClF5O/c9-5-2-1-4(8(12,13)14)3-6(5)15-7(10)11/h1-3,7H. The maximum Gasteiger partial charge on any atom is 0.416 e. The highest BCUT2D eigenvalue weighted by atomic mass is 35.5. The molecule has 84 valence electrons. The highest BCUT2D eigenvalue weighted by Gasteiger charge is 2.31. The Kier molecular flexibility index (Phi) is 3.38. The Hall–Kier alpha value is -1.04. The molecule has 0 saturated carbocycles. The van der Waals surface area contributed by atoms with Gasteiger partial charge in [-0.05, 0) is 18.2 Å². The van der Waals surface area contributed by atoms with Crippen molar-refractivity contribution < 1.29 is 26.7 Å². The zero-order chi connectivity index (χ0) is 11.6. The number of alkyl halides is 5. The summed E-state index contributed by atoms with van der Waals surface area (Å²) in [6, 6.07) is 1.96. The van der Waals surface area contributed by atoms with Gasteiger partial charge in [-0.3, -0.25) is 0 Å². The van der Waals surface area contributed by atoms with Gasteiger partial charge in [0.25, 0.3) is 0 Å². The van der Waals surface area contributed by atoms with Crippen molar-refractivity contribution in [1.82, 2.24) is 0 Å². The van der Waals surface area contributed by atoms with Crippen LogP contribution in [0.5, 0.6) is 5.75 Å². The number of rotatable bonds is 2. The quantitative estimate of drug-likeness (QED) is 0.718. The molecule has 0 heterocycles. The van der Waals surface area contributed by atoms with Crippen molar-refractivity contribution in [2.75, 3.05) is 0 Å². The second-order valence-electron chi connectivity index (χ2n) is 2.52. The number of ether oxygens (including phenoxy) is 1. The summed E-state index contributed by atoms with van der Waals surface area (Å²) in [6.45, 7) is -3.22. The minimum atomic E-state index is -4.62. The predicted molar refractivity (Wildman–Crippen MR) is 43.1 cm³/mol. The molecule has 0 aliphatic rings. The average Bonchev–Trinajstić information content (AvgIpc) is 2.06. The fourth-order valence-corrected chi connectivity index (χ4v) is 1.03. The first-order chi connectivity index (χ1) is 6.80. The number of hydrogen-bond acceptors (Lipinski definition) is 1. The predicted octanol–water partition coefficient (Wildman–Crippen LogP) is 3.96. The van der Waals surface area contributed by atoms with Gasteiger partial charge in [0.2, 0.25) is 0 Å². The summed E-state index contributed by atoms with van der Waals surface area (Å²) in [5.41, 5.74) is -1.09. The lowest BCUT2D eigenvalue weighted by Gasteiger charge is -2.10. The second kappa shape index (κ2) is 4.22. The van der Waals surface area contributed by atoms with E-state index < -0.39 is 24.1 Å². The molecule has 1 aromatic rings. The summed E-state index contributed by atoms with van der Waals surface area (Å²) in [6.07, 6.45) is -4.62. The molecular weight excluding hydrogens is 243 g/mol. The van der Waals surface area contributed by atoms with E-state index in [-0.39, 0.29) is 5.02 Å². The Balaban J connectivity index is 3.06.